The minimum atomic E-state index is -3.07. The van der Waals surface area contributed by atoms with E-state index in [-0.39, 0.29) is 12.6 Å². The quantitative estimate of drug-likeness (QED) is 0.740. The fourth-order valence-corrected chi connectivity index (χ4v) is 3.75. The van der Waals surface area contributed by atoms with Crippen LogP contribution in [0.1, 0.15) is 19.3 Å². The predicted octanol–water partition coefficient (Wildman–Crippen LogP) is -0.0315. The molecule has 5 nitrogen and oxygen atoms in total. The molecule has 2 unspecified atom stereocenters. The van der Waals surface area contributed by atoms with Crippen molar-refractivity contribution in [1.82, 2.24) is 4.90 Å². The smallest absolute Gasteiger partial charge is 0.317 e. The van der Waals surface area contributed by atoms with Crippen LogP contribution in [0.2, 0.25) is 0 Å². The Balaban J connectivity index is 2.72. The van der Waals surface area contributed by atoms with Gasteiger partial charge in [-0.3, -0.25) is 9.69 Å². The molecule has 1 N–H and O–H groups in total. The van der Waals surface area contributed by atoms with Crippen LogP contribution >= 0.6 is 0 Å². The van der Waals surface area contributed by atoms with Crippen LogP contribution < -0.4 is 0 Å². The lowest BCUT2D eigenvalue weighted by atomic mass is 10.2. The van der Waals surface area contributed by atoms with Gasteiger partial charge in [0.2, 0.25) is 0 Å². The Morgan fingerprint density at radius 2 is 2.07 bits per heavy atom. The molecular formula is C9H17NO4S. The molecule has 1 rings (SSSR count). The van der Waals surface area contributed by atoms with Crippen molar-refractivity contribution in [3.8, 4) is 0 Å². The van der Waals surface area contributed by atoms with E-state index in [1.807, 2.05) is 0 Å². The number of aliphatic carboxylic acids is 1. The van der Waals surface area contributed by atoms with Crippen molar-refractivity contribution in [2.24, 2.45) is 0 Å². The Bertz CT molecular complexity index is 338. The van der Waals surface area contributed by atoms with E-state index in [1.165, 1.54) is 6.26 Å². The van der Waals surface area contributed by atoms with Crippen molar-refractivity contribution in [2.75, 3.05) is 19.8 Å². The highest BCUT2D eigenvalue weighted by Crippen LogP contribution is 2.28. The second kappa shape index (κ2) is 4.49. The van der Waals surface area contributed by atoms with Crippen LogP contribution in [0.25, 0.3) is 0 Å². The van der Waals surface area contributed by atoms with Crippen molar-refractivity contribution in [3.05, 3.63) is 0 Å². The molecule has 1 fully saturated rings. The fourth-order valence-electron chi connectivity index (χ4n) is 2.24. The molecule has 0 amide bonds. The molecule has 0 aromatic carbocycles. The van der Waals surface area contributed by atoms with E-state index in [9.17, 15) is 13.2 Å². The van der Waals surface area contributed by atoms with Crippen LogP contribution in [0, 0.1) is 0 Å². The molecular weight excluding hydrogens is 218 g/mol. The molecule has 0 radical (unpaired) electrons. The van der Waals surface area contributed by atoms with Gasteiger partial charge in [-0.05, 0) is 19.9 Å². The first-order valence-corrected chi connectivity index (χ1v) is 6.88. The SMILES string of the molecule is CN(CC(=O)O)C1CCCC1S(C)(=O)=O. The number of carboxylic acid groups (broad SMARTS) is 1. The molecule has 15 heavy (non-hydrogen) atoms. The Labute approximate surface area is 90.0 Å². The van der Waals surface area contributed by atoms with Gasteiger partial charge in [0.15, 0.2) is 9.84 Å². The molecule has 0 aliphatic heterocycles. The molecule has 2 atom stereocenters. The summed E-state index contributed by atoms with van der Waals surface area (Å²) in [4.78, 5) is 12.2. The van der Waals surface area contributed by atoms with Gasteiger partial charge in [-0.15, -0.1) is 0 Å². The number of likely N-dealkylation sites (N-methyl/N-ethyl adjacent to an activating group) is 1. The molecule has 1 aliphatic carbocycles. The lowest BCUT2D eigenvalue weighted by Gasteiger charge is -2.27. The van der Waals surface area contributed by atoms with Gasteiger partial charge in [-0.1, -0.05) is 6.42 Å². The lowest BCUT2D eigenvalue weighted by molar-refractivity contribution is -0.138. The van der Waals surface area contributed by atoms with Crippen LogP contribution in [-0.2, 0) is 14.6 Å². The van der Waals surface area contributed by atoms with Crippen molar-refractivity contribution >= 4 is 15.8 Å². The zero-order valence-corrected chi connectivity index (χ0v) is 9.83. The highest BCUT2D eigenvalue weighted by Gasteiger charge is 2.37. The van der Waals surface area contributed by atoms with Gasteiger partial charge >= 0.3 is 5.97 Å². The fraction of sp³-hybridized carbons (Fsp3) is 0.889. The summed E-state index contributed by atoms with van der Waals surface area (Å²) >= 11 is 0. The number of hydrogen-bond donors (Lipinski definition) is 1. The van der Waals surface area contributed by atoms with E-state index in [2.05, 4.69) is 0 Å². The van der Waals surface area contributed by atoms with E-state index in [1.54, 1.807) is 11.9 Å². The van der Waals surface area contributed by atoms with Crippen LogP contribution in [-0.4, -0.2) is 55.5 Å². The van der Waals surface area contributed by atoms with Gasteiger partial charge in [-0.2, -0.15) is 0 Å². The third-order valence-electron chi connectivity index (χ3n) is 2.92. The number of nitrogens with zero attached hydrogens (tertiary/aromatic N) is 1. The highest BCUT2D eigenvalue weighted by atomic mass is 32.2. The minimum absolute atomic E-state index is 0.101. The second-order valence-electron chi connectivity index (χ2n) is 4.18. The standard InChI is InChI=1S/C9H17NO4S/c1-10(6-9(11)12)7-4-3-5-8(7)15(2,13)14/h7-8H,3-6H2,1-2H3,(H,11,12). The molecule has 0 heterocycles. The molecule has 0 bridgehead atoms. The van der Waals surface area contributed by atoms with Gasteiger partial charge in [0.25, 0.3) is 0 Å². The topological polar surface area (TPSA) is 74.7 Å². The number of rotatable bonds is 4. The summed E-state index contributed by atoms with van der Waals surface area (Å²) in [5, 5.41) is 8.24. The summed E-state index contributed by atoms with van der Waals surface area (Å²) in [5.41, 5.74) is 0. The molecule has 0 saturated heterocycles. The zero-order valence-electron chi connectivity index (χ0n) is 9.01. The monoisotopic (exact) mass is 235 g/mol. The first-order valence-electron chi connectivity index (χ1n) is 4.93. The summed E-state index contributed by atoms with van der Waals surface area (Å²) < 4.78 is 22.9. The number of carboxylic acids is 1. The van der Waals surface area contributed by atoms with E-state index >= 15 is 0 Å². The third-order valence-corrected chi connectivity index (χ3v) is 4.57. The normalized spacial score (nSPS) is 27.1. The first-order chi connectivity index (χ1) is 6.82. The molecule has 88 valence electrons. The van der Waals surface area contributed by atoms with Gasteiger partial charge < -0.3 is 5.11 Å². The summed E-state index contributed by atoms with van der Waals surface area (Å²) in [6, 6.07) is -0.143. The van der Waals surface area contributed by atoms with Gasteiger partial charge in [0, 0.05) is 12.3 Å². The average molecular weight is 235 g/mol. The Hall–Kier alpha value is -0.620. The molecule has 0 spiro atoms. The third kappa shape index (κ3) is 3.17. The van der Waals surface area contributed by atoms with E-state index in [0.29, 0.717) is 6.42 Å². The largest absolute Gasteiger partial charge is 0.480 e. The average Bonchev–Trinajstić information content (AvgIpc) is 2.48. The number of hydrogen-bond acceptors (Lipinski definition) is 4. The Morgan fingerprint density at radius 1 is 1.47 bits per heavy atom. The number of carbonyl (C=O) groups is 1. The molecule has 1 aliphatic rings. The predicted molar refractivity (Wildman–Crippen MR) is 56.5 cm³/mol. The van der Waals surface area contributed by atoms with Crippen LogP contribution in [0.15, 0.2) is 0 Å². The summed E-state index contributed by atoms with van der Waals surface area (Å²) in [7, 11) is -1.40. The van der Waals surface area contributed by atoms with Crippen molar-refractivity contribution in [2.45, 2.75) is 30.6 Å². The second-order valence-corrected chi connectivity index (χ2v) is 6.44. The maximum atomic E-state index is 11.5. The van der Waals surface area contributed by atoms with Gasteiger partial charge in [0.05, 0.1) is 11.8 Å². The van der Waals surface area contributed by atoms with Crippen molar-refractivity contribution < 1.29 is 18.3 Å². The first kappa shape index (κ1) is 12.4. The lowest BCUT2D eigenvalue weighted by Crippen LogP contribution is -2.43. The van der Waals surface area contributed by atoms with Crippen LogP contribution in [0.5, 0.6) is 0 Å². The minimum Gasteiger partial charge on any atom is -0.480 e. The Kier molecular flexibility index (Phi) is 3.72. The van der Waals surface area contributed by atoms with Crippen LogP contribution in [0.4, 0.5) is 0 Å². The maximum absolute atomic E-state index is 11.5. The molecule has 0 aromatic rings. The molecule has 1 saturated carbocycles. The van der Waals surface area contributed by atoms with Crippen molar-refractivity contribution in [3.63, 3.8) is 0 Å². The highest BCUT2D eigenvalue weighted by molar-refractivity contribution is 7.91. The van der Waals surface area contributed by atoms with E-state index in [0.717, 1.165) is 12.8 Å². The summed E-state index contributed by atoms with van der Waals surface area (Å²) in [5.74, 6) is -0.920. The molecule has 6 heteroatoms. The van der Waals surface area contributed by atoms with E-state index in [4.69, 9.17) is 5.11 Å². The molecule has 0 aromatic heterocycles. The van der Waals surface area contributed by atoms with Gasteiger partial charge in [0.1, 0.15) is 0 Å². The van der Waals surface area contributed by atoms with Gasteiger partial charge in [-0.25, -0.2) is 8.42 Å². The van der Waals surface area contributed by atoms with Crippen LogP contribution in [0.3, 0.4) is 0 Å². The van der Waals surface area contributed by atoms with Crippen molar-refractivity contribution in [1.29, 1.82) is 0 Å². The van der Waals surface area contributed by atoms with E-state index < -0.39 is 21.1 Å². The zero-order chi connectivity index (χ0) is 11.6. The number of sulfone groups is 1. The summed E-state index contributed by atoms with van der Waals surface area (Å²) in [6.45, 7) is -0.101. The summed E-state index contributed by atoms with van der Waals surface area (Å²) in [6.07, 6.45) is 3.49. The maximum Gasteiger partial charge on any atom is 0.317 e. The Morgan fingerprint density at radius 3 is 2.53 bits per heavy atom.